The molecular weight excluding hydrogens is 326 g/mol. The highest BCUT2D eigenvalue weighted by molar-refractivity contribution is 7.80. The van der Waals surface area contributed by atoms with Gasteiger partial charge >= 0.3 is 0 Å². The van der Waals surface area contributed by atoms with Crippen molar-refractivity contribution < 1.29 is 4.79 Å². The molecule has 120 valence electrons. The highest BCUT2D eigenvalue weighted by Crippen LogP contribution is 2.25. The zero-order valence-electron chi connectivity index (χ0n) is 12.8. The van der Waals surface area contributed by atoms with Crippen LogP contribution >= 0.6 is 23.6 Å². The normalized spacial score (nSPS) is 14.6. The number of hydrogen-bond acceptors (Lipinski definition) is 4. The molecule has 0 radical (unpaired) electrons. The number of benzene rings is 1. The van der Waals surface area contributed by atoms with Crippen molar-refractivity contribution in [1.82, 2.24) is 10.2 Å². The summed E-state index contributed by atoms with van der Waals surface area (Å²) in [5.41, 5.74) is 1.23. The summed E-state index contributed by atoms with van der Waals surface area (Å²) in [5.74, 6) is 0. The van der Waals surface area contributed by atoms with Crippen molar-refractivity contribution in [2.45, 2.75) is 6.54 Å². The highest BCUT2D eigenvalue weighted by Gasteiger charge is 2.20. The number of anilines is 1. The Balaban J connectivity index is 1.48. The van der Waals surface area contributed by atoms with Gasteiger partial charge in [-0.15, -0.1) is 11.3 Å². The fourth-order valence-corrected chi connectivity index (χ4v) is 3.72. The lowest BCUT2D eigenvalue weighted by atomic mass is 10.2. The molecule has 4 nitrogen and oxygen atoms in total. The van der Waals surface area contributed by atoms with Crippen LogP contribution in [0.5, 0.6) is 0 Å². The third kappa shape index (κ3) is 4.09. The van der Waals surface area contributed by atoms with Gasteiger partial charge in [0.2, 0.25) is 0 Å². The van der Waals surface area contributed by atoms with Crippen molar-refractivity contribution in [1.29, 1.82) is 0 Å². The maximum absolute atomic E-state index is 10.8. The van der Waals surface area contributed by atoms with Crippen LogP contribution in [-0.4, -0.2) is 42.5 Å². The van der Waals surface area contributed by atoms with E-state index in [2.05, 4.69) is 27.2 Å². The van der Waals surface area contributed by atoms with Gasteiger partial charge in [0.25, 0.3) is 0 Å². The number of hydrogen-bond donors (Lipinski definition) is 1. The molecule has 3 rings (SSSR count). The van der Waals surface area contributed by atoms with E-state index in [0.717, 1.165) is 54.0 Å². The van der Waals surface area contributed by atoms with E-state index in [1.54, 1.807) is 11.3 Å². The summed E-state index contributed by atoms with van der Waals surface area (Å²) in [5, 5.41) is 5.31. The molecule has 1 aromatic heterocycles. The van der Waals surface area contributed by atoms with Crippen molar-refractivity contribution in [3.05, 3.63) is 52.9 Å². The van der Waals surface area contributed by atoms with Crippen molar-refractivity contribution in [3.8, 4) is 0 Å². The Hall–Kier alpha value is -1.92. The van der Waals surface area contributed by atoms with Crippen LogP contribution in [0.25, 0.3) is 0 Å². The van der Waals surface area contributed by atoms with E-state index in [0.29, 0.717) is 0 Å². The van der Waals surface area contributed by atoms with Gasteiger partial charge in [0.1, 0.15) is 0 Å². The monoisotopic (exact) mass is 345 g/mol. The Bertz CT molecular complexity index is 663. The van der Waals surface area contributed by atoms with Gasteiger partial charge in [-0.2, -0.15) is 0 Å². The molecule has 2 heterocycles. The summed E-state index contributed by atoms with van der Waals surface area (Å²) < 4.78 is 0. The maximum atomic E-state index is 10.8. The van der Waals surface area contributed by atoms with E-state index in [1.807, 2.05) is 30.3 Å². The molecule has 1 aliphatic rings. The number of aldehydes is 1. The first-order valence-electron chi connectivity index (χ1n) is 7.63. The fraction of sp³-hybridized carbons (Fsp3) is 0.294. The molecule has 0 amide bonds. The van der Waals surface area contributed by atoms with E-state index in [-0.39, 0.29) is 0 Å². The Labute approximate surface area is 145 Å². The van der Waals surface area contributed by atoms with E-state index < -0.39 is 0 Å². The molecule has 1 saturated heterocycles. The molecule has 0 atom stereocenters. The number of carbonyl (C=O) groups is 1. The summed E-state index contributed by atoms with van der Waals surface area (Å²) >= 11 is 7.05. The number of nitrogens with one attached hydrogen (secondary N) is 1. The van der Waals surface area contributed by atoms with Gasteiger partial charge in [0.05, 0.1) is 9.88 Å². The minimum absolute atomic E-state index is 0.757. The number of carbonyl (C=O) groups excluding carboxylic acids is 1. The molecule has 1 aromatic carbocycles. The number of rotatable bonds is 4. The zero-order chi connectivity index (χ0) is 16.1. The van der Waals surface area contributed by atoms with E-state index in [4.69, 9.17) is 12.2 Å². The average Bonchev–Trinajstić information content (AvgIpc) is 3.10. The van der Waals surface area contributed by atoms with Gasteiger partial charge in [0.15, 0.2) is 11.4 Å². The Morgan fingerprint density at radius 3 is 2.52 bits per heavy atom. The van der Waals surface area contributed by atoms with Crippen LogP contribution in [-0.2, 0) is 6.54 Å². The third-order valence-corrected chi connectivity index (χ3v) is 5.37. The molecular formula is C17H19N3OS2. The Morgan fingerprint density at radius 2 is 1.87 bits per heavy atom. The second-order valence-electron chi connectivity index (χ2n) is 5.41. The van der Waals surface area contributed by atoms with E-state index in [9.17, 15) is 4.79 Å². The van der Waals surface area contributed by atoms with Crippen LogP contribution in [0.2, 0.25) is 0 Å². The number of thiocarbonyl (C=S) groups is 1. The van der Waals surface area contributed by atoms with Gasteiger partial charge in [-0.3, -0.25) is 4.79 Å². The molecule has 1 N–H and O–H groups in total. The minimum Gasteiger partial charge on any atom is -0.360 e. The summed E-state index contributed by atoms with van der Waals surface area (Å²) in [4.78, 5) is 16.1. The van der Waals surface area contributed by atoms with Crippen LogP contribution in [0.1, 0.15) is 15.2 Å². The summed E-state index contributed by atoms with van der Waals surface area (Å²) in [6, 6.07) is 14.2. The quantitative estimate of drug-likeness (QED) is 0.681. The summed E-state index contributed by atoms with van der Waals surface area (Å²) in [6.45, 7) is 4.40. The number of thiophene rings is 1. The predicted molar refractivity (Wildman–Crippen MR) is 99.4 cm³/mol. The van der Waals surface area contributed by atoms with E-state index >= 15 is 0 Å². The van der Waals surface area contributed by atoms with E-state index in [1.165, 1.54) is 5.56 Å². The van der Waals surface area contributed by atoms with Crippen LogP contribution in [0.4, 0.5) is 5.00 Å². The van der Waals surface area contributed by atoms with Gasteiger partial charge < -0.3 is 15.1 Å². The molecule has 0 aliphatic carbocycles. The topological polar surface area (TPSA) is 35.6 Å². The molecule has 0 bridgehead atoms. The molecule has 1 aliphatic heterocycles. The molecule has 0 saturated carbocycles. The van der Waals surface area contributed by atoms with Gasteiger partial charge in [-0.25, -0.2) is 0 Å². The standard InChI is InChI=1S/C17H19N3OS2/c21-13-15-6-7-16(23-15)19-8-10-20(11-9-19)17(22)18-12-14-4-2-1-3-5-14/h1-7,13H,8-12H2,(H,18,22). The fourth-order valence-electron chi connectivity index (χ4n) is 2.59. The van der Waals surface area contributed by atoms with Crippen molar-refractivity contribution >= 4 is 40.0 Å². The second-order valence-corrected chi connectivity index (χ2v) is 6.89. The van der Waals surface area contributed by atoms with Crippen LogP contribution in [0.15, 0.2) is 42.5 Å². The zero-order valence-corrected chi connectivity index (χ0v) is 14.4. The molecule has 0 unspecified atom stereocenters. The van der Waals surface area contributed by atoms with Gasteiger partial charge in [-0.05, 0) is 29.9 Å². The first-order chi connectivity index (χ1) is 11.3. The average molecular weight is 345 g/mol. The largest absolute Gasteiger partial charge is 0.360 e. The van der Waals surface area contributed by atoms with Crippen LogP contribution in [0.3, 0.4) is 0 Å². The van der Waals surface area contributed by atoms with Crippen molar-refractivity contribution in [2.24, 2.45) is 0 Å². The summed E-state index contributed by atoms with van der Waals surface area (Å²) in [7, 11) is 0. The Kier molecular flexibility index (Phi) is 5.25. The first-order valence-corrected chi connectivity index (χ1v) is 8.85. The summed E-state index contributed by atoms with van der Waals surface area (Å²) in [6.07, 6.45) is 0.910. The lowest BCUT2D eigenvalue weighted by Gasteiger charge is -2.36. The first kappa shape index (κ1) is 16.0. The smallest absolute Gasteiger partial charge is 0.169 e. The predicted octanol–water partition coefficient (Wildman–Crippen LogP) is 2.76. The molecule has 0 spiro atoms. The molecule has 23 heavy (non-hydrogen) atoms. The minimum atomic E-state index is 0.757. The van der Waals surface area contributed by atoms with Crippen LogP contribution < -0.4 is 10.2 Å². The lowest BCUT2D eigenvalue weighted by Crippen LogP contribution is -2.51. The van der Waals surface area contributed by atoms with Gasteiger partial charge in [0, 0.05) is 32.7 Å². The maximum Gasteiger partial charge on any atom is 0.169 e. The van der Waals surface area contributed by atoms with Crippen molar-refractivity contribution in [3.63, 3.8) is 0 Å². The highest BCUT2D eigenvalue weighted by atomic mass is 32.1. The molecule has 2 aromatic rings. The number of nitrogens with zero attached hydrogens (tertiary/aromatic N) is 2. The molecule has 6 heteroatoms. The SMILES string of the molecule is O=Cc1ccc(N2CCN(C(=S)NCc3ccccc3)CC2)s1. The van der Waals surface area contributed by atoms with Crippen molar-refractivity contribution in [2.75, 3.05) is 31.1 Å². The lowest BCUT2D eigenvalue weighted by molar-refractivity contribution is 0.112. The van der Waals surface area contributed by atoms with Crippen LogP contribution in [0, 0.1) is 0 Å². The Morgan fingerprint density at radius 1 is 1.13 bits per heavy atom. The second kappa shape index (κ2) is 7.57. The third-order valence-electron chi connectivity index (χ3n) is 3.89. The molecule has 1 fully saturated rings. The van der Waals surface area contributed by atoms with Gasteiger partial charge in [-0.1, -0.05) is 30.3 Å². The number of piperazine rings is 1.